The molecule has 0 fully saturated rings. The quantitative estimate of drug-likeness (QED) is 0.732. The number of halogens is 1. The van der Waals surface area contributed by atoms with Crippen LogP contribution in [0.15, 0.2) is 54.9 Å². The first-order valence-electron chi connectivity index (χ1n) is 6.29. The highest BCUT2D eigenvalue weighted by atomic mass is 19.1. The molecule has 1 heterocycles. The second kappa shape index (κ2) is 5.10. The highest BCUT2D eigenvalue weighted by Crippen LogP contribution is 2.25. The van der Waals surface area contributed by atoms with E-state index in [9.17, 15) is 4.39 Å². The number of nitrogens with two attached hydrogens (primary N) is 1. The Balaban J connectivity index is 2.19. The Morgan fingerprint density at radius 1 is 1.14 bits per heavy atom. The molecule has 0 amide bonds. The van der Waals surface area contributed by atoms with Gasteiger partial charge in [0.25, 0.3) is 0 Å². The summed E-state index contributed by atoms with van der Waals surface area (Å²) in [5.74, 6) is 0.0732. The molecule has 0 saturated heterocycles. The standard InChI is InChI=1S/C16H11FN4/c17-14-2-1-3-15(13(14)10-18)21-9-8-20-16(21)11-4-6-12(19)7-5-11/h1-9H,19H2. The molecule has 0 atom stereocenters. The van der Waals surface area contributed by atoms with Gasteiger partial charge in [-0.05, 0) is 36.4 Å². The van der Waals surface area contributed by atoms with Crippen LogP contribution in [0.25, 0.3) is 17.1 Å². The number of imidazole rings is 1. The molecule has 21 heavy (non-hydrogen) atoms. The molecule has 3 aromatic rings. The fraction of sp³-hybridized carbons (Fsp3) is 0. The molecule has 0 saturated carbocycles. The van der Waals surface area contributed by atoms with Gasteiger partial charge in [0.15, 0.2) is 0 Å². The lowest BCUT2D eigenvalue weighted by atomic mass is 10.1. The Labute approximate surface area is 120 Å². The van der Waals surface area contributed by atoms with Crippen molar-refractivity contribution >= 4 is 5.69 Å². The maximum atomic E-state index is 13.8. The number of hydrogen-bond donors (Lipinski definition) is 1. The topological polar surface area (TPSA) is 67.6 Å². The number of nitrogens with zero attached hydrogens (tertiary/aromatic N) is 3. The van der Waals surface area contributed by atoms with E-state index in [2.05, 4.69) is 4.98 Å². The Morgan fingerprint density at radius 2 is 1.90 bits per heavy atom. The summed E-state index contributed by atoms with van der Waals surface area (Å²) >= 11 is 0. The number of hydrogen-bond acceptors (Lipinski definition) is 3. The number of nitrogen functional groups attached to an aromatic ring is 1. The summed E-state index contributed by atoms with van der Waals surface area (Å²) in [6.45, 7) is 0. The van der Waals surface area contributed by atoms with Gasteiger partial charge in [-0.25, -0.2) is 9.37 Å². The largest absolute Gasteiger partial charge is 0.399 e. The molecule has 0 unspecified atom stereocenters. The molecule has 2 N–H and O–H groups in total. The van der Waals surface area contributed by atoms with Crippen LogP contribution >= 0.6 is 0 Å². The zero-order valence-electron chi connectivity index (χ0n) is 11.0. The molecule has 0 radical (unpaired) electrons. The third-order valence-electron chi connectivity index (χ3n) is 3.17. The van der Waals surface area contributed by atoms with Crippen LogP contribution in [-0.2, 0) is 0 Å². The number of aromatic nitrogens is 2. The van der Waals surface area contributed by atoms with E-state index >= 15 is 0 Å². The summed E-state index contributed by atoms with van der Waals surface area (Å²) < 4.78 is 15.4. The maximum Gasteiger partial charge on any atom is 0.144 e. The summed E-state index contributed by atoms with van der Waals surface area (Å²) in [5, 5.41) is 9.16. The fourth-order valence-corrected chi connectivity index (χ4v) is 2.17. The van der Waals surface area contributed by atoms with Crippen LogP contribution in [0.4, 0.5) is 10.1 Å². The van der Waals surface area contributed by atoms with Crippen LogP contribution in [0.1, 0.15) is 5.56 Å². The van der Waals surface area contributed by atoms with E-state index in [0.717, 1.165) is 5.56 Å². The van der Waals surface area contributed by atoms with Crippen molar-refractivity contribution in [3.63, 3.8) is 0 Å². The predicted octanol–water partition coefficient (Wildman–Crippen LogP) is 3.13. The van der Waals surface area contributed by atoms with E-state index in [0.29, 0.717) is 17.2 Å². The third kappa shape index (κ3) is 2.23. The summed E-state index contributed by atoms with van der Waals surface area (Å²) in [6, 6.07) is 13.6. The van der Waals surface area contributed by atoms with Gasteiger partial charge in [0.1, 0.15) is 23.3 Å². The fourth-order valence-electron chi connectivity index (χ4n) is 2.17. The Hall–Kier alpha value is -3.13. The van der Waals surface area contributed by atoms with Crippen molar-refractivity contribution < 1.29 is 4.39 Å². The number of rotatable bonds is 2. The molecule has 4 nitrogen and oxygen atoms in total. The van der Waals surface area contributed by atoms with Gasteiger partial charge in [-0.15, -0.1) is 0 Å². The molecule has 5 heteroatoms. The highest BCUT2D eigenvalue weighted by molar-refractivity contribution is 5.63. The SMILES string of the molecule is N#Cc1c(F)cccc1-n1ccnc1-c1ccc(N)cc1. The van der Waals surface area contributed by atoms with Crippen molar-refractivity contribution in [2.45, 2.75) is 0 Å². The Morgan fingerprint density at radius 3 is 2.62 bits per heavy atom. The van der Waals surface area contributed by atoms with Gasteiger partial charge >= 0.3 is 0 Å². The van der Waals surface area contributed by atoms with E-state index in [-0.39, 0.29) is 5.56 Å². The lowest BCUT2D eigenvalue weighted by molar-refractivity contribution is 0.622. The summed E-state index contributed by atoms with van der Waals surface area (Å²) in [5.41, 5.74) is 7.62. The number of anilines is 1. The van der Waals surface area contributed by atoms with Crippen LogP contribution in [0.2, 0.25) is 0 Å². The van der Waals surface area contributed by atoms with Crippen molar-refractivity contribution in [3.05, 3.63) is 66.2 Å². The van der Waals surface area contributed by atoms with Gasteiger partial charge < -0.3 is 5.73 Å². The normalized spacial score (nSPS) is 10.3. The molecule has 2 aromatic carbocycles. The van der Waals surface area contributed by atoms with Crippen LogP contribution in [0.5, 0.6) is 0 Å². The van der Waals surface area contributed by atoms with E-state index in [1.807, 2.05) is 18.2 Å². The number of nitriles is 1. The molecule has 0 aliphatic heterocycles. The zero-order valence-corrected chi connectivity index (χ0v) is 11.0. The average Bonchev–Trinajstić information content (AvgIpc) is 2.97. The molecule has 0 bridgehead atoms. The summed E-state index contributed by atoms with van der Waals surface area (Å²) in [4.78, 5) is 4.29. The van der Waals surface area contributed by atoms with Crippen LogP contribution in [0, 0.1) is 17.1 Å². The van der Waals surface area contributed by atoms with Crippen molar-refractivity contribution in [1.82, 2.24) is 9.55 Å². The van der Waals surface area contributed by atoms with Gasteiger partial charge in [-0.1, -0.05) is 6.07 Å². The van der Waals surface area contributed by atoms with Crippen molar-refractivity contribution in [2.24, 2.45) is 0 Å². The molecule has 102 valence electrons. The lowest BCUT2D eigenvalue weighted by Crippen LogP contribution is -2.01. The minimum absolute atomic E-state index is 0.00723. The summed E-state index contributed by atoms with van der Waals surface area (Å²) in [7, 11) is 0. The molecule has 0 aliphatic carbocycles. The van der Waals surface area contributed by atoms with E-state index in [4.69, 9.17) is 11.0 Å². The first kappa shape index (κ1) is 12.9. The predicted molar refractivity (Wildman–Crippen MR) is 78.1 cm³/mol. The molecular weight excluding hydrogens is 267 g/mol. The smallest absolute Gasteiger partial charge is 0.144 e. The molecule has 0 aliphatic rings. The van der Waals surface area contributed by atoms with Gasteiger partial charge in [0.2, 0.25) is 0 Å². The van der Waals surface area contributed by atoms with Crippen molar-refractivity contribution in [1.29, 1.82) is 5.26 Å². The third-order valence-corrected chi connectivity index (χ3v) is 3.17. The first-order chi connectivity index (χ1) is 10.2. The number of benzene rings is 2. The van der Waals surface area contributed by atoms with E-state index in [1.54, 1.807) is 41.2 Å². The monoisotopic (exact) mass is 278 g/mol. The molecule has 1 aromatic heterocycles. The van der Waals surface area contributed by atoms with Crippen molar-refractivity contribution in [2.75, 3.05) is 5.73 Å². The maximum absolute atomic E-state index is 13.8. The Kier molecular flexibility index (Phi) is 3.13. The molecular formula is C16H11FN4. The van der Waals surface area contributed by atoms with Crippen LogP contribution < -0.4 is 5.73 Å². The molecule has 3 rings (SSSR count). The Bertz CT molecular complexity index is 828. The van der Waals surface area contributed by atoms with E-state index < -0.39 is 5.82 Å². The van der Waals surface area contributed by atoms with Crippen LogP contribution in [-0.4, -0.2) is 9.55 Å². The van der Waals surface area contributed by atoms with Crippen molar-refractivity contribution in [3.8, 4) is 23.1 Å². The summed E-state index contributed by atoms with van der Waals surface area (Å²) in [6.07, 6.45) is 3.30. The van der Waals surface area contributed by atoms with Gasteiger partial charge in [0.05, 0.1) is 5.69 Å². The second-order valence-corrected chi connectivity index (χ2v) is 4.49. The molecule has 0 spiro atoms. The lowest BCUT2D eigenvalue weighted by Gasteiger charge is -2.10. The minimum Gasteiger partial charge on any atom is -0.399 e. The van der Waals surface area contributed by atoms with Gasteiger partial charge in [-0.2, -0.15) is 5.26 Å². The van der Waals surface area contributed by atoms with E-state index in [1.165, 1.54) is 6.07 Å². The zero-order chi connectivity index (χ0) is 14.8. The minimum atomic E-state index is -0.549. The van der Waals surface area contributed by atoms with Crippen LogP contribution in [0.3, 0.4) is 0 Å². The van der Waals surface area contributed by atoms with Gasteiger partial charge in [-0.3, -0.25) is 4.57 Å². The van der Waals surface area contributed by atoms with Gasteiger partial charge in [0, 0.05) is 23.6 Å². The first-order valence-corrected chi connectivity index (χ1v) is 6.29. The second-order valence-electron chi connectivity index (χ2n) is 4.49. The average molecular weight is 278 g/mol. The highest BCUT2D eigenvalue weighted by Gasteiger charge is 2.13.